The SMILES string of the molecule is CC12CC3(F)CC(CC(F)(C3)C1)N2C(=O)C(F)(F)F. The van der Waals surface area contributed by atoms with E-state index < -0.39 is 35.0 Å². The Balaban J connectivity index is 2.00. The smallest absolute Gasteiger partial charge is 0.326 e. The molecule has 2 saturated carbocycles. The third-order valence-electron chi connectivity index (χ3n) is 4.64. The van der Waals surface area contributed by atoms with E-state index in [-0.39, 0.29) is 32.1 Å². The molecule has 108 valence electrons. The van der Waals surface area contributed by atoms with E-state index in [1.165, 1.54) is 6.92 Å². The van der Waals surface area contributed by atoms with Crippen LogP contribution in [0.1, 0.15) is 39.0 Å². The van der Waals surface area contributed by atoms with Gasteiger partial charge in [0, 0.05) is 43.7 Å². The van der Waals surface area contributed by atoms with Gasteiger partial charge in [0.05, 0.1) is 0 Å². The molecule has 0 radical (unpaired) electrons. The summed E-state index contributed by atoms with van der Waals surface area (Å²) in [5.74, 6) is -1.97. The van der Waals surface area contributed by atoms with Gasteiger partial charge >= 0.3 is 12.1 Å². The van der Waals surface area contributed by atoms with Gasteiger partial charge in [0.2, 0.25) is 0 Å². The summed E-state index contributed by atoms with van der Waals surface area (Å²) in [6, 6.07) is -0.981. The van der Waals surface area contributed by atoms with E-state index in [0.717, 1.165) is 0 Å². The van der Waals surface area contributed by atoms with E-state index in [0.29, 0.717) is 4.90 Å². The summed E-state index contributed by atoms with van der Waals surface area (Å²) in [7, 11) is 0. The van der Waals surface area contributed by atoms with Crippen molar-refractivity contribution in [3.8, 4) is 0 Å². The molecule has 0 aromatic carbocycles. The number of hydrogen-bond donors (Lipinski definition) is 0. The van der Waals surface area contributed by atoms with Gasteiger partial charge in [-0.1, -0.05) is 0 Å². The summed E-state index contributed by atoms with van der Waals surface area (Å²) in [6.07, 6.45) is -6.02. The Morgan fingerprint density at radius 1 is 1.11 bits per heavy atom. The van der Waals surface area contributed by atoms with Crippen LogP contribution in [0.25, 0.3) is 0 Å². The molecular weight excluding hydrogens is 269 g/mol. The molecule has 4 rings (SSSR count). The van der Waals surface area contributed by atoms with Crippen LogP contribution in [-0.2, 0) is 4.79 Å². The fourth-order valence-corrected chi connectivity index (χ4v) is 4.67. The highest BCUT2D eigenvalue weighted by Gasteiger charge is 2.69. The van der Waals surface area contributed by atoms with Crippen LogP contribution in [0.15, 0.2) is 0 Å². The predicted octanol–water partition coefficient (Wildman–Crippen LogP) is 2.91. The molecule has 2 aliphatic carbocycles. The summed E-state index contributed by atoms with van der Waals surface area (Å²) >= 11 is 0. The van der Waals surface area contributed by atoms with Gasteiger partial charge in [-0.25, -0.2) is 8.78 Å². The number of piperidine rings is 2. The Kier molecular flexibility index (Phi) is 2.23. The highest BCUT2D eigenvalue weighted by Crippen LogP contribution is 2.61. The molecule has 19 heavy (non-hydrogen) atoms. The number of nitrogens with zero attached hydrogens (tertiary/aromatic N) is 1. The maximum Gasteiger partial charge on any atom is 0.471 e. The molecule has 4 bridgehead atoms. The van der Waals surface area contributed by atoms with Crippen molar-refractivity contribution in [2.24, 2.45) is 0 Å². The van der Waals surface area contributed by atoms with Crippen LogP contribution in [0.4, 0.5) is 22.0 Å². The highest BCUT2D eigenvalue weighted by molar-refractivity contribution is 5.83. The van der Waals surface area contributed by atoms with Crippen LogP contribution in [0, 0.1) is 0 Å². The Labute approximate surface area is 106 Å². The fraction of sp³-hybridized carbons (Fsp3) is 0.917. The van der Waals surface area contributed by atoms with Crippen LogP contribution in [0.2, 0.25) is 0 Å². The average Bonchev–Trinajstić information content (AvgIpc) is 2.07. The summed E-state index contributed by atoms with van der Waals surface area (Å²) in [5, 5.41) is 0. The highest BCUT2D eigenvalue weighted by atomic mass is 19.4. The molecule has 1 amide bonds. The molecule has 0 aromatic rings. The van der Waals surface area contributed by atoms with Crippen molar-refractivity contribution in [3.63, 3.8) is 0 Å². The maximum atomic E-state index is 14.4. The van der Waals surface area contributed by atoms with Crippen molar-refractivity contribution in [1.29, 1.82) is 0 Å². The molecule has 0 spiro atoms. The van der Waals surface area contributed by atoms with Crippen LogP contribution < -0.4 is 0 Å². The maximum absolute atomic E-state index is 14.4. The zero-order valence-corrected chi connectivity index (χ0v) is 10.4. The number of amides is 1. The van der Waals surface area contributed by atoms with Crippen LogP contribution in [-0.4, -0.2) is 39.9 Å². The molecule has 2 heterocycles. The van der Waals surface area contributed by atoms with Crippen LogP contribution in [0.3, 0.4) is 0 Å². The second-order valence-electron chi connectivity index (χ2n) is 6.56. The normalized spacial score (nSPS) is 48.7. The van der Waals surface area contributed by atoms with Crippen molar-refractivity contribution in [2.45, 2.75) is 68.1 Å². The number of carbonyl (C=O) groups is 1. The van der Waals surface area contributed by atoms with Crippen LogP contribution in [0.5, 0.6) is 0 Å². The van der Waals surface area contributed by atoms with Crippen LogP contribution >= 0.6 is 0 Å². The van der Waals surface area contributed by atoms with Crippen molar-refractivity contribution in [1.82, 2.24) is 4.90 Å². The van der Waals surface area contributed by atoms with E-state index in [1.807, 2.05) is 0 Å². The standard InChI is InChI=1S/C12H14F5NO/c1-9-4-10(13)2-7(3-11(14,5-9)6-10)18(9)8(19)12(15,16)17/h7H,2-6H2,1H3. The molecule has 4 fully saturated rings. The molecule has 0 aromatic heterocycles. The molecule has 2 unspecified atom stereocenters. The zero-order valence-electron chi connectivity index (χ0n) is 10.4. The monoisotopic (exact) mass is 283 g/mol. The Morgan fingerprint density at radius 3 is 1.95 bits per heavy atom. The molecule has 2 aliphatic heterocycles. The van der Waals surface area contributed by atoms with E-state index in [1.54, 1.807) is 0 Å². The topological polar surface area (TPSA) is 20.3 Å². The van der Waals surface area contributed by atoms with E-state index in [2.05, 4.69) is 0 Å². The van der Waals surface area contributed by atoms with Crippen molar-refractivity contribution < 1.29 is 26.7 Å². The molecule has 2 saturated heterocycles. The van der Waals surface area contributed by atoms with Gasteiger partial charge in [-0.15, -0.1) is 0 Å². The van der Waals surface area contributed by atoms with E-state index in [4.69, 9.17) is 0 Å². The minimum atomic E-state index is -4.99. The molecule has 7 heteroatoms. The zero-order chi connectivity index (χ0) is 14.3. The third kappa shape index (κ3) is 1.76. The van der Waals surface area contributed by atoms with Crippen molar-refractivity contribution in [3.05, 3.63) is 0 Å². The fourth-order valence-electron chi connectivity index (χ4n) is 4.67. The summed E-state index contributed by atoms with van der Waals surface area (Å²) < 4.78 is 66.8. The minimum absolute atomic E-state index is 0.184. The average molecular weight is 283 g/mol. The first kappa shape index (κ1) is 13.1. The van der Waals surface area contributed by atoms with Gasteiger partial charge in [-0.05, 0) is 6.92 Å². The quantitative estimate of drug-likeness (QED) is 0.626. The van der Waals surface area contributed by atoms with Gasteiger partial charge in [0.25, 0.3) is 0 Å². The largest absolute Gasteiger partial charge is 0.471 e. The lowest BCUT2D eigenvalue weighted by Gasteiger charge is -2.65. The Bertz CT molecular complexity index is 430. The van der Waals surface area contributed by atoms with Gasteiger partial charge in [-0.3, -0.25) is 4.79 Å². The number of halogens is 5. The van der Waals surface area contributed by atoms with Gasteiger partial charge in [-0.2, -0.15) is 13.2 Å². The van der Waals surface area contributed by atoms with Gasteiger partial charge in [0.15, 0.2) is 0 Å². The van der Waals surface area contributed by atoms with Crippen molar-refractivity contribution >= 4 is 5.91 Å². The lowest BCUT2D eigenvalue weighted by atomic mass is 9.55. The van der Waals surface area contributed by atoms with E-state index >= 15 is 0 Å². The lowest BCUT2D eigenvalue weighted by molar-refractivity contribution is -0.233. The number of hydrogen-bond acceptors (Lipinski definition) is 1. The summed E-state index contributed by atoms with van der Waals surface area (Å²) in [6.45, 7) is 1.36. The molecular formula is C12H14F5NO. The predicted molar refractivity (Wildman–Crippen MR) is 55.9 cm³/mol. The first-order valence-electron chi connectivity index (χ1n) is 6.25. The number of alkyl halides is 5. The molecule has 0 N–H and O–H groups in total. The first-order valence-corrected chi connectivity index (χ1v) is 6.25. The second kappa shape index (κ2) is 3.23. The molecule has 2 nitrogen and oxygen atoms in total. The van der Waals surface area contributed by atoms with E-state index in [9.17, 15) is 26.7 Å². The Hall–Kier alpha value is -0.880. The van der Waals surface area contributed by atoms with Gasteiger partial charge in [0.1, 0.15) is 11.3 Å². The minimum Gasteiger partial charge on any atom is -0.326 e. The number of carbonyl (C=O) groups excluding carboxylic acids is 1. The lowest BCUT2D eigenvalue weighted by Crippen LogP contribution is -2.75. The second-order valence-corrected chi connectivity index (χ2v) is 6.56. The number of rotatable bonds is 0. The third-order valence-corrected chi connectivity index (χ3v) is 4.64. The summed E-state index contributed by atoms with van der Waals surface area (Å²) in [5.41, 5.74) is -4.91. The Morgan fingerprint density at radius 2 is 1.58 bits per heavy atom. The molecule has 2 atom stereocenters. The van der Waals surface area contributed by atoms with Gasteiger partial charge < -0.3 is 4.90 Å². The molecule has 4 aliphatic rings. The summed E-state index contributed by atoms with van der Waals surface area (Å²) in [4.78, 5) is 12.2. The van der Waals surface area contributed by atoms with Crippen molar-refractivity contribution in [2.75, 3.05) is 0 Å². The first-order chi connectivity index (χ1) is 8.47.